The number of aromatic nitrogens is 3. The van der Waals surface area contributed by atoms with Crippen molar-refractivity contribution in [1.82, 2.24) is 14.8 Å². The van der Waals surface area contributed by atoms with Gasteiger partial charge < -0.3 is 11.1 Å². The fraction of sp³-hybridized carbons (Fsp3) is 0.348. The lowest BCUT2D eigenvalue weighted by molar-refractivity contribution is -0.119. The number of thioether (sulfide) groups is 1. The second-order valence-electron chi connectivity index (χ2n) is 7.20. The Hall–Kier alpha value is -2.80. The van der Waals surface area contributed by atoms with Crippen molar-refractivity contribution < 1.29 is 4.79 Å². The molecule has 0 saturated carbocycles. The van der Waals surface area contributed by atoms with Gasteiger partial charge in [-0.15, -0.1) is 10.2 Å². The lowest BCUT2D eigenvalue weighted by Crippen LogP contribution is -2.27. The second kappa shape index (κ2) is 10.8. The number of benzene rings is 2. The molecule has 0 aliphatic heterocycles. The smallest absolute Gasteiger partial charge is 0.247 e. The Morgan fingerprint density at radius 2 is 1.80 bits per heavy atom. The van der Waals surface area contributed by atoms with Crippen LogP contribution in [-0.2, 0) is 17.0 Å². The summed E-state index contributed by atoms with van der Waals surface area (Å²) in [6, 6.07) is 17.7. The number of nitrogens with zero attached hydrogens (tertiary/aromatic N) is 3. The van der Waals surface area contributed by atoms with Crippen LogP contribution in [0.25, 0.3) is 0 Å². The van der Waals surface area contributed by atoms with E-state index in [9.17, 15) is 4.79 Å². The number of nitrogens with two attached hydrogens (primary N) is 1. The van der Waals surface area contributed by atoms with Gasteiger partial charge in [-0.25, -0.2) is 0 Å². The first kappa shape index (κ1) is 21.9. The molecule has 1 heterocycles. The van der Waals surface area contributed by atoms with Crippen LogP contribution in [0.3, 0.4) is 0 Å². The summed E-state index contributed by atoms with van der Waals surface area (Å²) in [6.45, 7) is 4.14. The number of rotatable bonds is 10. The number of unbranched alkanes of at least 4 members (excludes halogenated alkanes) is 1. The van der Waals surface area contributed by atoms with E-state index in [0.29, 0.717) is 11.6 Å². The number of nitrogens with one attached hydrogen (secondary N) is 1. The maximum atomic E-state index is 13.0. The van der Waals surface area contributed by atoms with Gasteiger partial charge in [0.2, 0.25) is 11.9 Å². The molecule has 158 valence electrons. The number of carbonyl (C=O) groups excluding carboxylic acids is 1. The minimum absolute atomic E-state index is 0.119. The van der Waals surface area contributed by atoms with Gasteiger partial charge in [0.1, 0.15) is 6.04 Å². The van der Waals surface area contributed by atoms with Gasteiger partial charge in [0.15, 0.2) is 5.16 Å². The molecular weight excluding hydrogens is 394 g/mol. The van der Waals surface area contributed by atoms with Crippen LogP contribution in [0.5, 0.6) is 0 Å². The average molecular weight is 424 g/mol. The van der Waals surface area contributed by atoms with E-state index < -0.39 is 6.04 Å². The molecule has 3 N–H and O–H groups in total. The lowest BCUT2D eigenvalue weighted by Gasteiger charge is -2.19. The number of carbonyl (C=O) groups is 1. The number of aryl methyl sites for hydroxylation is 1. The third kappa shape index (κ3) is 5.63. The molecular formula is C23H29N5OS. The quantitative estimate of drug-likeness (QED) is 0.444. The first-order valence-electron chi connectivity index (χ1n) is 10.4. The Kier molecular flexibility index (Phi) is 7.90. The summed E-state index contributed by atoms with van der Waals surface area (Å²) < 4.78 is 1.73. The maximum absolute atomic E-state index is 13.0. The number of nitrogen functional groups attached to an aromatic ring is 1. The number of hydrogen-bond acceptors (Lipinski definition) is 5. The summed E-state index contributed by atoms with van der Waals surface area (Å²) >= 11 is 1.53. The Morgan fingerprint density at radius 1 is 1.07 bits per heavy atom. The third-order valence-electron chi connectivity index (χ3n) is 4.94. The summed E-state index contributed by atoms with van der Waals surface area (Å²) in [5.74, 6) is 0.866. The van der Waals surface area contributed by atoms with Gasteiger partial charge in [-0.05, 0) is 42.5 Å². The van der Waals surface area contributed by atoms with Crippen molar-refractivity contribution in [2.24, 2.45) is 0 Å². The summed E-state index contributed by atoms with van der Waals surface area (Å²) in [4.78, 5) is 13.0. The molecule has 2 aromatic carbocycles. The van der Waals surface area contributed by atoms with Crippen LogP contribution >= 0.6 is 11.8 Å². The van der Waals surface area contributed by atoms with Gasteiger partial charge in [0.05, 0.1) is 0 Å². The molecule has 1 amide bonds. The van der Waals surface area contributed by atoms with Gasteiger partial charge in [0.25, 0.3) is 0 Å². The minimum Gasteiger partial charge on any atom is -0.368 e. The first-order chi connectivity index (χ1) is 14.6. The molecule has 30 heavy (non-hydrogen) atoms. The zero-order valence-electron chi connectivity index (χ0n) is 17.5. The van der Waals surface area contributed by atoms with Crippen molar-refractivity contribution in [1.29, 1.82) is 0 Å². The van der Waals surface area contributed by atoms with E-state index in [1.807, 2.05) is 37.3 Å². The lowest BCUT2D eigenvalue weighted by atomic mass is 10.1. The topological polar surface area (TPSA) is 85.8 Å². The number of hydrogen-bond donors (Lipinski definition) is 2. The molecule has 3 aromatic rings. The molecule has 3 rings (SSSR count). The van der Waals surface area contributed by atoms with E-state index in [1.165, 1.54) is 35.7 Å². The first-order valence-corrected chi connectivity index (χ1v) is 11.4. The molecule has 7 heteroatoms. The van der Waals surface area contributed by atoms with E-state index >= 15 is 0 Å². The van der Waals surface area contributed by atoms with Gasteiger partial charge in [-0.2, -0.15) is 0 Å². The highest BCUT2D eigenvalue weighted by Crippen LogP contribution is 2.28. The molecule has 0 aliphatic rings. The molecule has 6 nitrogen and oxygen atoms in total. The zero-order valence-corrected chi connectivity index (χ0v) is 18.4. The van der Waals surface area contributed by atoms with Gasteiger partial charge in [-0.3, -0.25) is 9.36 Å². The summed E-state index contributed by atoms with van der Waals surface area (Å²) in [5, 5.41) is 11.9. The van der Waals surface area contributed by atoms with Crippen LogP contribution in [0, 0.1) is 0 Å². The molecule has 1 unspecified atom stereocenters. The van der Waals surface area contributed by atoms with Gasteiger partial charge in [-0.1, -0.05) is 74.5 Å². The predicted octanol–water partition coefficient (Wildman–Crippen LogP) is 5.09. The van der Waals surface area contributed by atoms with Crippen LogP contribution in [0.15, 0.2) is 59.8 Å². The van der Waals surface area contributed by atoms with Crippen LogP contribution in [-0.4, -0.2) is 20.7 Å². The Balaban J connectivity index is 1.70. The minimum atomic E-state index is -0.474. The van der Waals surface area contributed by atoms with Crippen molar-refractivity contribution in [3.05, 3.63) is 65.7 Å². The Morgan fingerprint density at radius 3 is 2.47 bits per heavy atom. The van der Waals surface area contributed by atoms with Crippen molar-refractivity contribution in [2.75, 3.05) is 11.1 Å². The molecule has 0 radical (unpaired) electrons. The third-order valence-corrected chi connectivity index (χ3v) is 5.96. The molecule has 0 spiro atoms. The Labute approximate surface area is 182 Å². The largest absolute Gasteiger partial charge is 0.368 e. The van der Waals surface area contributed by atoms with E-state index in [1.54, 1.807) is 4.57 Å². The van der Waals surface area contributed by atoms with Crippen LogP contribution in [0.1, 0.15) is 50.3 Å². The van der Waals surface area contributed by atoms with E-state index in [4.69, 9.17) is 5.73 Å². The second-order valence-corrected chi connectivity index (χ2v) is 8.14. The van der Waals surface area contributed by atoms with Crippen molar-refractivity contribution in [3.63, 3.8) is 0 Å². The van der Waals surface area contributed by atoms with E-state index in [2.05, 4.69) is 46.7 Å². The maximum Gasteiger partial charge on any atom is 0.247 e. The van der Waals surface area contributed by atoms with Crippen molar-refractivity contribution >= 4 is 29.3 Å². The summed E-state index contributed by atoms with van der Waals surface area (Å²) in [5.41, 5.74) is 9.32. The normalized spacial score (nSPS) is 11.9. The molecule has 0 bridgehead atoms. The number of anilines is 2. The predicted molar refractivity (Wildman–Crippen MR) is 123 cm³/mol. The number of amides is 1. The monoisotopic (exact) mass is 423 g/mol. The van der Waals surface area contributed by atoms with Crippen LogP contribution < -0.4 is 11.1 Å². The van der Waals surface area contributed by atoms with Gasteiger partial charge >= 0.3 is 0 Å². The molecule has 1 atom stereocenters. The fourth-order valence-electron chi connectivity index (χ4n) is 3.25. The van der Waals surface area contributed by atoms with Crippen molar-refractivity contribution in [3.8, 4) is 0 Å². The van der Waals surface area contributed by atoms with E-state index in [-0.39, 0.29) is 11.9 Å². The van der Waals surface area contributed by atoms with Crippen molar-refractivity contribution in [2.45, 2.75) is 56.5 Å². The highest BCUT2D eigenvalue weighted by molar-refractivity contribution is 7.98. The zero-order chi connectivity index (χ0) is 21.3. The highest BCUT2D eigenvalue weighted by Gasteiger charge is 2.25. The SMILES string of the molecule is CCCCc1ccc(NC(=O)C(CC)n2c(N)nnc2SCc2ccccc2)cc1. The summed E-state index contributed by atoms with van der Waals surface area (Å²) in [6.07, 6.45) is 3.98. The van der Waals surface area contributed by atoms with Crippen LogP contribution in [0.2, 0.25) is 0 Å². The van der Waals surface area contributed by atoms with Crippen LogP contribution in [0.4, 0.5) is 11.6 Å². The highest BCUT2D eigenvalue weighted by atomic mass is 32.2. The molecule has 1 aromatic heterocycles. The standard InChI is InChI=1S/C23H29N5OS/c1-3-5-9-17-12-14-19(15-13-17)25-21(29)20(4-2)28-22(24)26-27-23(28)30-16-18-10-7-6-8-11-18/h6-8,10-15,20H,3-5,9,16H2,1-2H3,(H2,24,26)(H,25,29). The molecule has 0 saturated heterocycles. The van der Waals surface area contributed by atoms with E-state index in [0.717, 1.165) is 17.9 Å². The van der Waals surface area contributed by atoms with Gasteiger partial charge in [0, 0.05) is 11.4 Å². The average Bonchev–Trinajstić information content (AvgIpc) is 3.13. The Bertz CT molecular complexity index is 940. The molecule has 0 aliphatic carbocycles. The summed E-state index contributed by atoms with van der Waals surface area (Å²) in [7, 11) is 0. The fourth-order valence-corrected chi connectivity index (χ4v) is 4.19. The molecule has 0 fully saturated rings.